The monoisotopic (exact) mass is 227 g/mol. The van der Waals surface area contributed by atoms with E-state index in [-0.39, 0.29) is 24.1 Å². The first-order valence-electron chi connectivity index (χ1n) is 4.91. The van der Waals surface area contributed by atoms with Gasteiger partial charge < -0.3 is 15.9 Å². The summed E-state index contributed by atoms with van der Waals surface area (Å²) < 4.78 is 12.8. The van der Waals surface area contributed by atoms with Gasteiger partial charge in [-0.05, 0) is 30.7 Å². The highest BCUT2D eigenvalue weighted by molar-refractivity contribution is 5.77. The van der Waals surface area contributed by atoms with Gasteiger partial charge in [-0.15, -0.1) is 0 Å². The van der Waals surface area contributed by atoms with Gasteiger partial charge in [-0.1, -0.05) is 6.07 Å². The highest BCUT2D eigenvalue weighted by Crippen LogP contribution is 2.22. The summed E-state index contributed by atoms with van der Waals surface area (Å²) in [6.07, 6.45) is -1.65. The van der Waals surface area contributed by atoms with Crippen molar-refractivity contribution in [2.75, 3.05) is 6.54 Å². The van der Waals surface area contributed by atoms with Crippen LogP contribution in [-0.2, 0) is 0 Å². The van der Waals surface area contributed by atoms with Crippen molar-refractivity contribution in [3.8, 4) is 0 Å². The zero-order valence-electron chi connectivity index (χ0n) is 8.64. The molecule has 16 heavy (non-hydrogen) atoms. The van der Waals surface area contributed by atoms with Crippen molar-refractivity contribution in [1.82, 2.24) is 0 Å². The summed E-state index contributed by atoms with van der Waals surface area (Å²) in [5, 5.41) is 19.3. The molecule has 0 bridgehead atoms. The van der Waals surface area contributed by atoms with E-state index < -0.39 is 18.0 Å². The number of hydrogen-bond donors (Lipinski definition) is 3. The van der Waals surface area contributed by atoms with Crippen molar-refractivity contribution in [3.05, 3.63) is 35.1 Å². The summed E-state index contributed by atoms with van der Waals surface area (Å²) in [4.78, 5) is 10.7. The number of rotatable bonds is 5. The Balaban J connectivity index is 2.98. The molecule has 0 aromatic heterocycles. The van der Waals surface area contributed by atoms with Crippen LogP contribution in [0.3, 0.4) is 0 Å². The lowest BCUT2D eigenvalue weighted by molar-refractivity contribution is 0.0146. The quantitative estimate of drug-likeness (QED) is 0.635. The van der Waals surface area contributed by atoms with Gasteiger partial charge in [0.1, 0.15) is 11.9 Å². The second-order valence-electron chi connectivity index (χ2n) is 3.48. The Kier molecular flexibility index (Phi) is 4.54. The lowest BCUT2D eigenvalue weighted by Crippen LogP contribution is -2.22. The highest BCUT2D eigenvalue weighted by Gasteiger charge is 2.20. The lowest BCUT2D eigenvalue weighted by atomic mass is 9.97. The molecule has 2 atom stereocenters. The smallest absolute Gasteiger partial charge is 0.150 e. The van der Waals surface area contributed by atoms with Crippen LogP contribution in [0.5, 0.6) is 0 Å². The number of carbonyl (C=O) groups is 1. The Morgan fingerprint density at radius 2 is 2.12 bits per heavy atom. The van der Waals surface area contributed by atoms with Gasteiger partial charge in [-0.3, -0.25) is 4.79 Å². The van der Waals surface area contributed by atoms with Gasteiger partial charge in [-0.2, -0.15) is 0 Å². The molecular formula is C11H14FNO3. The molecule has 88 valence electrons. The predicted molar refractivity (Wildman–Crippen MR) is 56.4 cm³/mol. The summed E-state index contributed by atoms with van der Waals surface area (Å²) in [5.74, 6) is -0.564. The molecule has 1 aromatic rings. The van der Waals surface area contributed by atoms with E-state index in [9.17, 15) is 19.4 Å². The van der Waals surface area contributed by atoms with Crippen LogP contribution in [0.2, 0.25) is 0 Å². The zero-order valence-corrected chi connectivity index (χ0v) is 8.64. The topological polar surface area (TPSA) is 83.6 Å². The Labute approximate surface area is 92.5 Å². The Morgan fingerprint density at radius 1 is 1.44 bits per heavy atom. The summed E-state index contributed by atoms with van der Waals surface area (Å²) in [7, 11) is 0. The SMILES string of the molecule is NCCC(O)C(O)c1ccc(F)cc1C=O. The molecule has 1 aromatic carbocycles. The van der Waals surface area contributed by atoms with Gasteiger partial charge in [-0.25, -0.2) is 4.39 Å². The van der Waals surface area contributed by atoms with Crippen LogP contribution >= 0.6 is 0 Å². The third kappa shape index (κ3) is 2.85. The average molecular weight is 227 g/mol. The molecule has 0 amide bonds. The molecule has 0 aliphatic rings. The largest absolute Gasteiger partial charge is 0.390 e. The van der Waals surface area contributed by atoms with E-state index in [1.165, 1.54) is 6.07 Å². The molecule has 0 saturated carbocycles. The second-order valence-corrected chi connectivity index (χ2v) is 3.48. The summed E-state index contributed by atoms with van der Waals surface area (Å²) in [5.41, 5.74) is 5.48. The Bertz CT molecular complexity index is 370. The second kappa shape index (κ2) is 5.69. The van der Waals surface area contributed by atoms with Crippen LogP contribution in [0.4, 0.5) is 4.39 Å². The normalized spacial score (nSPS) is 14.5. The first kappa shape index (κ1) is 12.8. The van der Waals surface area contributed by atoms with Gasteiger partial charge in [0.2, 0.25) is 0 Å². The third-order valence-corrected chi connectivity index (χ3v) is 2.32. The third-order valence-electron chi connectivity index (χ3n) is 2.32. The number of aliphatic hydroxyl groups is 2. The first-order valence-corrected chi connectivity index (χ1v) is 4.91. The molecule has 0 heterocycles. The molecule has 4 N–H and O–H groups in total. The molecule has 4 nitrogen and oxygen atoms in total. The predicted octanol–water partition coefficient (Wildman–Crippen LogP) is 0.381. The van der Waals surface area contributed by atoms with Crippen LogP contribution in [0.1, 0.15) is 28.4 Å². The van der Waals surface area contributed by atoms with E-state index in [1.54, 1.807) is 0 Å². The van der Waals surface area contributed by atoms with Crippen LogP contribution in [0, 0.1) is 5.82 Å². The fourth-order valence-electron chi connectivity index (χ4n) is 1.45. The number of aldehydes is 1. The fraction of sp³-hybridized carbons (Fsp3) is 0.364. The van der Waals surface area contributed by atoms with Crippen LogP contribution < -0.4 is 5.73 Å². The molecule has 1 rings (SSSR count). The van der Waals surface area contributed by atoms with Crippen molar-refractivity contribution >= 4 is 6.29 Å². The minimum Gasteiger partial charge on any atom is -0.390 e. The molecular weight excluding hydrogens is 213 g/mol. The fourth-order valence-corrected chi connectivity index (χ4v) is 1.45. The van der Waals surface area contributed by atoms with E-state index in [0.29, 0.717) is 6.29 Å². The summed E-state index contributed by atoms with van der Waals surface area (Å²) in [6.45, 7) is 0.218. The number of benzene rings is 1. The van der Waals surface area contributed by atoms with E-state index in [1.807, 2.05) is 0 Å². The summed E-state index contributed by atoms with van der Waals surface area (Å²) >= 11 is 0. The molecule has 0 aliphatic heterocycles. The molecule has 5 heteroatoms. The van der Waals surface area contributed by atoms with Crippen LogP contribution in [-0.4, -0.2) is 29.1 Å². The van der Waals surface area contributed by atoms with Gasteiger partial charge in [0.15, 0.2) is 6.29 Å². The minimum absolute atomic E-state index is 0.0311. The van der Waals surface area contributed by atoms with Crippen molar-refractivity contribution < 1.29 is 19.4 Å². The average Bonchev–Trinajstić information content (AvgIpc) is 2.28. The number of nitrogens with two attached hydrogens (primary N) is 1. The maximum Gasteiger partial charge on any atom is 0.150 e. The standard InChI is InChI=1S/C11H14FNO3/c12-8-1-2-9(7(5-8)6-14)11(16)10(15)3-4-13/h1-2,5-6,10-11,15-16H,3-4,13H2. The molecule has 0 aliphatic carbocycles. The summed E-state index contributed by atoms with van der Waals surface area (Å²) in [6, 6.07) is 3.42. The van der Waals surface area contributed by atoms with E-state index in [4.69, 9.17) is 5.73 Å². The number of aliphatic hydroxyl groups excluding tert-OH is 2. The molecule has 0 fully saturated rings. The molecule has 0 saturated heterocycles. The lowest BCUT2D eigenvalue weighted by Gasteiger charge is -2.18. The van der Waals surface area contributed by atoms with Crippen molar-refractivity contribution in [2.45, 2.75) is 18.6 Å². The van der Waals surface area contributed by atoms with Gasteiger partial charge in [0.25, 0.3) is 0 Å². The minimum atomic E-state index is -1.23. The maximum atomic E-state index is 12.8. The van der Waals surface area contributed by atoms with Crippen LogP contribution in [0.15, 0.2) is 18.2 Å². The van der Waals surface area contributed by atoms with E-state index in [2.05, 4.69) is 0 Å². The number of hydrogen-bond acceptors (Lipinski definition) is 4. The van der Waals surface area contributed by atoms with E-state index in [0.717, 1.165) is 12.1 Å². The first-order chi connectivity index (χ1) is 7.60. The highest BCUT2D eigenvalue weighted by atomic mass is 19.1. The van der Waals surface area contributed by atoms with Gasteiger partial charge in [0, 0.05) is 5.56 Å². The molecule has 0 spiro atoms. The van der Waals surface area contributed by atoms with E-state index >= 15 is 0 Å². The zero-order chi connectivity index (χ0) is 12.1. The molecule has 0 radical (unpaired) electrons. The van der Waals surface area contributed by atoms with Gasteiger partial charge in [0.05, 0.1) is 6.10 Å². The number of carbonyl (C=O) groups excluding carboxylic acids is 1. The Hall–Kier alpha value is -1.30. The van der Waals surface area contributed by atoms with Crippen molar-refractivity contribution in [1.29, 1.82) is 0 Å². The van der Waals surface area contributed by atoms with Gasteiger partial charge >= 0.3 is 0 Å². The van der Waals surface area contributed by atoms with Crippen LogP contribution in [0.25, 0.3) is 0 Å². The Morgan fingerprint density at radius 3 is 2.69 bits per heavy atom. The molecule has 2 unspecified atom stereocenters. The number of halogens is 1. The van der Waals surface area contributed by atoms with Crippen molar-refractivity contribution in [2.24, 2.45) is 5.73 Å². The maximum absolute atomic E-state index is 12.8. The van der Waals surface area contributed by atoms with Crippen molar-refractivity contribution in [3.63, 3.8) is 0 Å².